The number of aromatic nitrogens is 1. The number of amides is 9. The number of aliphatic carboxylic acids is 2. The van der Waals surface area contributed by atoms with Crippen LogP contribution in [-0.2, 0) is 82.5 Å². The lowest BCUT2D eigenvalue weighted by Gasteiger charge is -2.28. The highest BCUT2D eigenvalue weighted by molar-refractivity contribution is 7.98. The maximum atomic E-state index is 14.8. The Labute approximate surface area is 509 Å². The molecule has 1 saturated heterocycles. The van der Waals surface area contributed by atoms with Crippen LogP contribution >= 0.6 is 23.5 Å². The van der Waals surface area contributed by atoms with E-state index in [4.69, 9.17) is 10.3 Å². The largest absolute Gasteiger partial charge is 0.481 e. The quantitative estimate of drug-likeness (QED) is 0.0219. The molecule has 0 aliphatic carbocycles. The highest BCUT2D eigenvalue weighted by Crippen LogP contribution is 2.20. The third-order valence-electron chi connectivity index (χ3n) is 13.4. The second-order valence-electron chi connectivity index (χ2n) is 20.0. The van der Waals surface area contributed by atoms with Gasteiger partial charge in [0.05, 0.1) is 25.4 Å². The first kappa shape index (κ1) is 69.5. The lowest BCUT2D eigenvalue weighted by Crippen LogP contribution is -2.62. The van der Waals surface area contributed by atoms with Gasteiger partial charge in [-0.3, -0.25) is 57.3 Å². The molecule has 29 nitrogen and oxygen atoms in total. The Morgan fingerprint density at radius 2 is 1.31 bits per heavy atom. The van der Waals surface area contributed by atoms with Crippen LogP contribution in [0.3, 0.4) is 0 Å². The second kappa shape index (κ2) is 34.7. The molecule has 0 unspecified atom stereocenters. The molecule has 472 valence electrons. The molecule has 87 heavy (non-hydrogen) atoms. The molecule has 1 aromatic heterocycles. The minimum atomic E-state index is -4.92. The van der Waals surface area contributed by atoms with Crippen molar-refractivity contribution in [2.45, 2.75) is 106 Å². The molecule has 1 fully saturated rings. The van der Waals surface area contributed by atoms with Gasteiger partial charge in [-0.05, 0) is 91.1 Å². The Bertz CT molecular complexity index is 3180. The molecule has 0 saturated carbocycles. The average Bonchev–Trinajstić information content (AvgIpc) is 2.27. The van der Waals surface area contributed by atoms with Crippen LogP contribution in [0.5, 0.6) is 5.75 Å². The molecule has 0 bridgehead atoms. The van der Waals surface area contributed by atoms with E-state index in [1.165, 1.54) is 35.7 Å². The third kappa shape index (κ3) is 23.8. The van der Waals surface area contributed by atoms with Crippen LogP contribution in [0.2, 0.25) is 0 Å². The fraction of sp³-hybridized carbons (Fsp3) is 0.436. The van der Waals surface area contributed by atoms with Gasteiger partial charge in [-0.2, -0.15) is 31.9 Å². The number of carbonyl (C=O) groups excluding carboxylic acids is 9. The number of hydrogen-bond donors (Lipinski definition) is 15. The zero-order chi connectivity index (χ0) is 63.6. The highest BCUT2D eigenvalue weighted by Gasteiger charge is 2.36. The first-order valence-corrected chi connectivity index (χ1v) is 31.5. The van der Waals surface area contributed by atoms with E-state index in [-0.39, 0.29) is 61.3 Å². The number of carboxylic acids is 2. The summed E-state index contributed by atoms with van der Waals surface area (Å²) in [6.07, 6.45) is 2.61. The van der Waals surface area contributed by atoms with Gasteiger partial charge >= 0.3 is 22.3 Å². The molecule has 8 atom stereocenters. The number of carboxylic acid groups (broad SMARTS) is 2. The lowest BCUT2D eigenvalue weighted by atomic mass is 10.0. The van der Waals surface area contributed by atoms with Crippen LogP contribution in [0.15, 0.2) is 85.1 Å². The predicted molar refractivity (Wildman–Crippen MR) is 320 cm³/mol. The van der Waals surface area contributed by atoms with Crippen LogP contribution in [0.1, 0.15) is 55.2 Å². The molecular formula is C55H72N12O17S3. The number of H-pyrrole nitrogens is 1. The van der Waals surface area contributed by atoms with Crippen molar-refractivity contribution in [1.29, 1.82) is 0 Å². The van der Waals surface area contributed by atoms with Crippen molar-refractivity contribution in [3.8, 4) is 5.75 Å². The Hall–Kier alpha value is -8.30. The minimum Gasteiger partial charge on any atom is -0.481 e. The summed E-state index contributed by atoms with van der Waals surface area (Å²) >= 11 is 2.55. The monoisotopic (exact) mass is 1270 g/mol. The number of benzene rings is 3. The Balaban J connectivity index is 1.50. The van der Waals surface area contributed by atoms with Crippen molar-refractivity contribution >= 4 is 110 Å². The standard InChI is InChI=1S/C55H72N12O17S3/c1-85-21-18-39-50(75)66-43(26-47(71)72)54(79)61-38(13-8-20-57-27-32-9-4-3-5-10-32)49(74)60-30-45(68)59-29-44(55(80)65-42(53(78)63-39)24-33-28-58-37-12-7-6-11-35(33)37)67-51(76)40(19-22-86-2)62-52(77)41(64-48(73)36(56)25-46(69)70)23-31-14-16-34(17-15-31)84-87(81,82)83/h3-7,9-12,14-17,28,36,38-44,57-58H,8,13,18-27,29-30,56H2,1-2H3,(H,59,68)(H,60,74)(H,61,79)(H,62,77)(H,63,78)(H,64,73)(H,65,80)(H,66,75)(H,67,76)(H,69,70)(H,71,72)(H,81,82,83)/t36-,38-,39-,40-,41-,42-,43-,44-/m0/s1. The molecule has 9 amide bonds. The molecule has 5 rings (SSSR count). The number of nitrogens with two attached hydrogens (primary N) is 1. The van der Waals surface area contributed by atoms with Gasteiger partial charge in [0.15, 0.2) is 0 Å². The Morgan fingerprint density at radius 1 is 0.690 bits per heavy atom. The molecule has 4 aromatic rings. The van der Waals surface area contributed by atoms with Crippen molar-refractivity contribution in [3.05, 3.63) is 102 Å². The summed E-state index contributed by atoms with van der Waals surface area (Å²) in [7, 11) is -4.92. The third-order valence-corrected chi connectivity index (χ3v) is 15.1. The summed E-state index contributed by atoms with van der Waals surface area (Å²) in [5.41, 5.74) is 8.22. The normalized spacial score (nSPS) is 19.3. The van der Waals surface area contributed by atoms with Crippen molar-refractivity contribution in [3.63, 3.8) is 0 Å². The summed E-state index contributed by atoms with van der Waals surface area (Å²) < 4.78 is 36.2. The first-order valence-electron chi connectivity index (χ1n) is 27.3. The van der Waals surface area contributed by atoms with Gasteiger partial charge < -0.3 is 78.3 Å². The molecule has 1 aliphatic rings. The van der Waals surface area contributed by atoms with E-state index in [9.17, 15) is 71.4 Å². The van der Waals surface area contributed by atoms with Crippen LogP contribution in [0, 0.1) is 0 Å². The first-order chi connectivity index (χ1) is 41.4. The van der Waals surface area contributed by atoms with Crippen molar-refractivity contribution in [2.75, 3.05) is 43.7 Å². The van der Waals surface area contributed by atoms with Gasteiger partial charge in [-0.1, -0.05) is 60.7 Å². The van der Waals surface area contributed by atoms with Crippen molar-refractivity contribution in [2.24, 2.45) is 5.73 Å². The number of fused-ring (bicyclic) bond motifs is 1. The number of para-hydroxylation sites is 1. The molecule has 16 N–H and O–H groups in total. The SMILES string of the molecule is CSCC[C@@H]1NC(=O)[C@H](Cc2c[nH]c3ccccc23)NC(=O)[C@@H](NC(=O)[C@H](CCSC)NC(=O)[C@H](Cc2ccc(OS(=O)(=O)O)cc2)NC(=O)[C@@H](N)CC(=O)O)CNC(=O)CNC(=O)[C@H](CCCNCc2ccccc2)NC(=O)[C@H](CC(=O)O)NC1=O. The van der Waals surface area contributed by atoms with E-state index in [0.29, 0.717) is 29.6 Å². The maximum absolute atomic E-state index is 14.8. The molecule has 3 aromatic carbocycles. The van der Waals surface area contributed by atoms with Gasteiger partial charge in [0.1, 0.15) is 48.0 Å². The van der Waals surface area contributed by atoms with E-state index in [2.05, 4.69) is 62.3 Å². The van der Waals surface area contributed by atoms with E-state index >= 15 is 0 Å². The second-order valence-corrected chi connectivity index (χ2v) is 23.0. The summed E-state index contributed by atoms with van der Waals surface area (Å²) in [5.74, 6) is -11.8. The van der Waals surface area contributed by atoms with Gasteiger partial charge in [0, 0.05) is 43.0 Å². The number of carbonyl (C=O) groups is 11. The van der Waals surface area contributed by atoms with Gasteiger partial charge in [0.2, 0.25) is 53.2 Å². The van der Waals surface area contributed by atoms with E-state index < -0.39 is 150 Å². The molecule has 2 heterocycles. The Kier molecular flexibility index (Phi) is 27.7. The maximum Gasteiger partial charge on any atom is 0.446 e. The van der Waals surface area contributed by atoms with E-state index in [1.54, 1.807) is 43.0 Å². The van der Waals surface area contributed by atoms with Crippen LogP contribution in [0.4, 0.5) is 0 Å². The molecule has 32 heteroatoms. The van der Waals surface area contributed by atoms with Gasteiger partial charge in [-0.15, -0.1) is 0 Å². The zero-order valence-electron chi connectivity index (χ0n) is 47.5. The molecule has 0 radical (unpaired) electrons. The fourth-order valence-corrected chi connectivity index (χ4v) is 10.2. The predicted octanol–water partition coefficient (Wildman–Crippen LogP) is -1.87. The average molecular weight is 1270 g/mol. The van der Waals surface area contributed by atoms with Gasteiger partial charge in [-0.25, -0.2) is 0 Å². The number of thioether (sulfide) groups is 2. The molecule has 1 aliphatic heterocycles. The number of aromatic amines is 1. The molecular weight excluding hydrogens is 1200 g/mol. The number of rotatable bonds is 28. The number of nitrogens with one attached hydrogen (secondary N) is 11. The minimum absolute atomic E-state index is 0.0466. The van der Waals surface area contributed by atoms with Gasteiger partial charge in [0.25, 0.3) is 0 Å². The molecule has 0 spiro atoms. The van der Waals surface area contributed by atoms with E-state index in [0.717, 1.165) is 17.7 Å². The summed E-state index contributed by atoms with van der Waals surface area (Å²) in [6, 6.07) is 8.44. The van der Waals surface area contributed by atoms with Crippen molar-refractivity contribution in [1.82, 2.24) is 58.2 Å². The smallest absolute Gasteiger partial charge is 0.446 e. The van der Waals surface area contributed by atoms with Crippen LogP contribution in [-0.4, -0.2) is 185 Å². The summed E-state index contributed by atoms with van der Waals surface area (Å²) in [4.78, 5) is 154. The van der Waals surface area contributed by atoms with Crippen molar-refractivity contribution < 1.29 is 80.1 Å². The fourth-order valence-electron chi connectivity index (χ4n) is 8.87. The number of hydrogen-bond acceptors (Lipinski definition) is 18. The lowest BCUT2D eigenvalue weighted by molar-refractivity contribution is -0.141. The topological polar surface area (TPSA) is 454 Å². The summed E-state index contributed by atoms with van der Waals surface area (Å²) in [6.45, 7) is -0.691. The van der Waals surface area contributed by atoms with E-state index in [1.807, 2.05) is 30.3 Å². The highest BCUT2D eigenvalue weighted by atomic mass is 32.3. The zero-order valence-corrected chi connectivity index (χ0v) is 49.9. The Morgan fingerprint density at radius 3 is 1.98 bits per heavy atom. The van der Waals surface area contributed by atoms with Crippen LogP contribution < -0.4 is 63.1 Å². The van der Waals surface area contributed by atoms with Crippen LogP contribution in [0.25, 0.3) is 10.9 Å². The summed E-state index contributed by atoms with van der Waals surface area (Å²) in [5, 5.41) is 45.7.